The van der Waals surface area contributed by atoms with Crippen molar-refractivity contribution < 1.29 is 4.79 Å². The first-order valence-corrected chi connectivity index (χ1v) is 4.58. The Morgan fingerprint density at radius 3 is 3.14 bits per heavy atom. The molecule has 0 fully saturated rings. The van der Waals surface area contributed by atoms with E-state index in [0.29, 0.717) is 0 Å². The van der Waals surface area contributed by atoms with E-state index in [9.17, 15) is 4.79 Å². The summed E-state index contributed by atoms with van der Waals surface area (Å²) < 4.78 is 0. The Hall–Kier alpha value is -1.77. The van der Waals surface area contributed by atoms with E-state index in [1.807, 2.05) is 24.4 Å². The second kappa shape index (κ2) is 3.54. The van der Waals surface area contributed by atoms with Crippen LogP contribution in [0.3, 0.4) is 0 Å². The van der Waals surface area contributed by atoms with Crippen LogP contribution in [0.5, 0.6) is 0 Å². The van der Waals surface area contributed by atoms with E-state index >= 15 is 0 Å². The van der Waals surface area contributed by atoms with Crippen molar-refractivity contribution in [2.75, 3.05) is 10.6 Å². The molecule has 0 aromatic heterocycles. The van der Waals surface area contributed by atoms with E-state index in [1.165, 1.54) is 12.5 Å². The lowest BCUT2D eigenvalue weighted by Crippen LogP contribution is -2.07. The molecule has 0 spiro atoms. The molecule has 0 aliphatic carbocycles. The molecule has 72 valence electrons. The van der Waals surface area contributed by atoms with Gasteiger partial charge in [-0.1, -0.05) is 6.08 Å². The van der Waals surface area contributed by atoms with Gasteiger partial charge in [-0.05, 0) is 36.4 Å². The summed E-state index contributed by atoms with van der Waals surface area (Å²) in [5, 5.41) is 5.91. The third-order valence-electron chi connectivity index (χ3n) is 2.12. The number of fused-ring (bicyclic) bond motifs is 1. The van der Waals surface area contributed by atoms with Gasteiger partial charge in [0.25, 0.3) is 0 Å². The van der Waals surface area contributed by atoms with E-state index < -0.39 is 0 Å². The molecule has 1 amide bonds. The van der Waals surface area contributed by atoms with Crippen molar-refractivity contribution in [2.45, 2.75) is 13.3 Å². The molecule has 0 saturated heterocycles. The first-order chi connectivity index (χ1) is 6.75. The van der Waals surface area contributed by atoms with Gasteiger partial charge in [0.05, 0.1) is 0 Å². The maximum absolute atomic E-state index is 10.8. The van der Waals surface area contributed by atoms with Crippen LogP contribution in [-0.2, 0) is 11.2 Å². The Morgan fingerprint density at radius 1 is 1.50 bits per heavy atom. The van der Waals surface area contributed by atoms with Crippen LogP contribution in [0.15, 0.2) is 30.5 Å². The molecule has 0 unspecified atom stereocenters. The summed E-state index contributed by atoms with van der Waals surface area (Å²) >= 11 is 0. The van der Waals surface area contributed by atoms with Crippen molar-refractivity contribution >= 4 is 17.3 Å². The predicted octanol–water partition coefficient (Wildman–Crippen LogP) is 2.13. The smallest absolute Gasteiger partial charge is 0.221 e. The highest BCUT2D eigenvalue weighted by Crippen LogP contribution is 2.23. The predicted molar refractivity (Wildman–Crippen MR) is 57.2 cm³/mol. The Kier molecular flexibility index (Phi) is 2.23. The summed E-state index contributed by atoms with van der Waals surface area (Å²) in [5.41, 5.74) is 3.17. The molecule has 2 rings (SSSR count). The maximum atomic E-state index is 10.8. The zero-order chi connectivity index (χ0) is 9.97. The van der Waals surface area contributed by atoms with Gasteiger partial charge in [0.1, 0.15) is 0 Å². The summed E-state index contributed by atoms with van der Waals surface area (Å²) in [6.07, 6.45) is 4.90. The summed E-state index contributed by atoms with van der Waals surface area (Å²) in [6.45, 7) is 1.51. The van der Waals surface area contributed by atoms with Gasteiger partial charge in [0.15, 0.2) is 0 Å². The number of benzene rings is 1. The molecule has 14 heavy (non-hydrogen) atoms. The van der Waals surface area contributed by atoms with E-state index in [4.69, 9.17) is 0 Å². The Balaban J connectivity index is 2.27. The van der Waals surface area contributed by atoms with E-state index in [2.05, 4.69) is 16.7 Å². The van der Waals surface area contributed by atoms with Gasteiger partial charge in [-0.3, -0.25) is 4.79 Å². The third-order valence-corrected chi connectivity index (χ3v) is 2.12. The number of hydrogen-bond acceptors (Lipinski definition) is 2. The highest BCUT2D eigenvalue weighted by atomic mass is 16.1. The molecular weight excluding hydrogens is 176 g/mol. The van der Waals surface area contributed by atoms with Crippen LogP contribution >= 0.6 is 0 Å². The normalized spacial score (nSPS) is 12.9. The number of carbonyl (C=O) groups excluding carboxylic acids is 1. The molecule has 0 bridgehead atoms. The number of nitrogens with one attached hydrogen (secondary N) is 2. The van der Waals surface area contributed by atoms with Crippen LogP contribution in [0, 0.1) is 0 Å². The molecule has 2 N–H and O–H groups in total. The Bertz CT molecular complexity index is 396. The second-order valence-corrected chi connectivity index (χ2v) is 3.30. The minimum atomic E-state index is -0.0377. The van der Waals surface area contributed by atoms with E-state index in [-0.39, 0.29) is 5.91 Å². The minimum absolute atomic E-state index is 0.0377. The van der Waals surface area contributed by atoms with Gasteiger partial charge in [-0.25, -0.2) is 0 Å². The molecule has 3 heteroatoms. The zero-order valence-corrected chi connectivity index (χ0v) is 8.00. The number of carbonyl (C=O) groups is 1. The van der Waals surface area contributed by atoms with Crippen LogP contribution in [0.1, 0.15) is 12.5 Å². The van der Waals surface area contributed by atoms with Crippen molar-refractivity contribution in [1.82, 2.24) is 0 Å². The minimum Gasteiger partial charge on any atom is -0.362 e. The zero-order valence-electron chi connectivity index (χ0n) is 8.00. The molecular formula is C11H12N2O. The maximum Gasteiger partial charge on any atom is 0.221 e. The number of hydrogen-bond donors (Lipinski definition) is 2. The van der Waals surface area contributed by atoms with Crippen molar-refractivity contribution in [1.29, 1.82) is 0 Å². The Morgan fingerprint density at radius 2 is 2.36 bits per heavy atom. The van der Waals surface area contributed by atoms with Crippen LogP contribution in [0.4, 0.5) is 11.4 Å². The van der Waals surface area contributed by atoms with Crippen molar-refractivity contribution in [3.8, 4) is 0 Å². The van der Waals surface area contributed by atoms with Gasteiger partial charge in [-0.2, -0.15) is 0 Å². The monoisotopic (exact) mass is 188 g/mol. The molecule has 1 aromatic rings. The molecule has 1 heterocycles. The van der Waals surface area contributed by atoms with Crippen molar-refractivity contribution in [2.24, 2.45) is 0 Å². The summed E-state index contributed by atoms with van der Waals surface area (Å²) in [4.78, 5) is 10.8. The van der Waals surface area contributed by atoms with Crippen molar-refractivity contribution in [3.63, 3.8) is 0 Å². The molecule has 0 saturated carbocycles. The average Bonchev–Trinajstić information content (AvgIpc) is 2.17. The second-order valence-electron chi connectivity index (χ2n) is 3.30. The average molecular weight is 188 g/mol. The quantitative estimate of drug-likeness (QED) is 0.708. The largest absolute Gasteiger partial charge is 0.362 e. The first-order valence-electron chi connectivity index (χ1n) is 4.58. The number of rotatable bonds is 1. The SMILES string of the molecule is CC(=O)Nc1ccc2c(c1)CC=CN2. The van der Waals surface area contributed by atoms with Crippen LogP contribution in [0.25, 0.3) is 0 Å². The van der Waals surface area contributed by atoms with Crippen molar-refractivity contribution in [3.05, 3.63) is 36.0 Å². The highest BCUT2D eigenvalue weighted by Gasteiger charge is 2.05. The lowest BCUT2D eigenvalue weighted by molar-refractivity contribution is -0.114. The number of amides is 1. The van der Waals surface area contributed by atoms with E-state index in [0.717, 1.165) is 17.8 Å². The lowest BCUT2D eigenvalue weighted by Gasteiger charge is -2.14. The Labute approximate surface area is 82.8 Å². The molecule has 1 aliphatic heterocycles. The summed E-state index contributed by atoms with van der Waals surface area (Å²) in [6, 6.07) is 5.86. The van der Waals surface area contributed by atoms with Gasteiger partial charge >= 0.3 is 0 Å². The summed E-state index contributed by atoms with van der Waals surface area (Å²) in [7, 11) is 0. The van der Waals surface area contributed by atoms with Crippen LogP contribution in [0.2, 0.25) is 0 Å². The fourth-order valence-electron chi connectivity index (χ4n) is 1.52. The standard InChI is InChI=1S/C11H12N2O/c1-8(14)13-10-4-5-11-9(7-10)3-2-6-12-11/h2,4-7,12H,3H2,1H3,(H,13,14). The lowest BCUT2D eigenvalue weighted by atomic mass is 10.1. The van der Waals surface area contributed by atoms with Gasteiger partial charge in [0.2, 0.25) is 5.91 Å². The molecule has 1 aromatic carbocycles. The molecule has 0 atom stereocenters. The first kappa shape index (κ1) is 8.81. The van der Waals surface area contributed by atoms with Gasteiger partial charge in [0, 0.05) is 18.3 Å². The van der Waals surface area contributed by atoms with Crippen LogP contribution in [-0.4, -0.2) is 5.91 Å². The molecule has 0 radical (unpaired) electrons. The summed E-state index contributed by atoms with van der Waals surface area (Å²) in [5.74, 6) is -0.0377. The highest BCUT2D eigenvalue weighted by molar-refractivity contribution is 5.89. The fourth-order valence-corrected chi connectivity index (χ4v) is 1.52. The molecule has 3 nitrogen and oxygen atoms in total. The topological polar surface area (TPSA) is 41.1 Å². The number of anilines is 2. The third kappa shape index (κ3) is 1.76. The number of allylic oxidation sites excluding steroid dienone is 1. The van der Waals surface area contributed by atoms with Crippen LogP contribution < -0.4 is 10.6 Å². The molecule has 1 aliphatic rings. The van der Waals surface area contributed by atoms with E-state index in [1.54, 1.807) is 0 Å². The van der Waals surface area contributed by atoms with Gasteiger partial charge in [-0.15, -0.1) is 0 Å². The van der Waals surface area contributed by atoms with Gasteiger partial charge < -0.3 is 10.6 Å². The fraction of sp³-hybridized carbons (Fsp3) is 0.182.